The lowest BCUT2D eigenvalue weighted by Gasteiger charge is -2.40. The standard InChI is InChI=1S/C10H16N2O2/c1-4-10(14)11-8-5-9(6-8)12(3)7(2)13/h4,8-9H,1,5-6H2,2-3H3,(H,11,14). The fourth-order valence-corrected chi connectivity index (χ4v) is 1.54. The third kappa shape index (κ3) is 2.34. The number of hydrogen-bond donors (Lipinski definition) is 1. The lowest BCUT2D eigenvalue weighted by molar-refractivity contribution is -0.131. The van der Waals surface area contributed by atoms with Gasteiger partial charge >= 0.3 is 0 Å². The van der Waals surface area contributed by atoms with E-state index in [2.05, 4.69) is 11.9 Å². The molecule has 0 aliphatic heterocycles. The molecule has 1 aliphatic carbocycles. The van der Waals surface area contributed by atoms with E-state index in [1.54, 1.807) is 18.9 Å². The van der Waals surface area contributed by atoms with E-state index in [1.807, 2.05) is 0 Å². The van der Waals surface area contributed by atoms with Crippen LogP contribution < -0.4 is 5.32 Å². The van der Waals surface area contributed by atoms with Gasteiger partial charge in [-0.15, -0.1) is 0 Å². The van der Waals surface area contributed by atoms with Gasteiger partial charge in [-0.1, -0.05) is 6.58 Å². The van der Waals surface area contributed by atoms with E-state index in [9.17, 15) is 9.59 Å². The molecule has 0 radical (unpaired) electrons. The molecule has 1 aliphatic rings. The highest BCUT2D eigenvalue weighted by atomic mass is 16.2. The lowest BCUT2D eigenvalue weighted by atomic mass is 9.85. The molecule has 0 heterocycles. The summed E-state index contributed by atoms with van der Waals surface area (Å²) in [5.41, 5.74) is 0. The molecule has 2 amide bonds. The second kappa shape index (κ2) is 4.26. The second-order valence-electron chi connectivity index (χ2n) is 3.66. The lowest BCUT2D eigenvalue weighted by Crippen LogP contribution is -2.53. The highest BCUT2D eigenvalue weighted by Crippen LogP contribution is 2.24. The molecular weight excluding hydrogens is 180 g/mol. The quantitative estimate of drug-likeness (QED) is 0.660. The van der Waals surface area contributed by atoms with Crippen molar-refractivity contribution in [3.8, 4) is 0 Å². The first-order valence-corrected chi connectivity index (χ1v) is 4.71. The molecule has 0 aromatic rings. The van der Waals surface area contributed by atoms with Crippen molar-refractivity contribution in [2.75, 3.05) is 7.05 Å². The largest absolute Gasteiger partial charge is 0.350 e. The fourth-order valence-electron chi connectivity index (χ4n) is 1.54. The zero-order chi connectivity index (χ0) is 10.7. The zero-order valence-corrected chi connectivity index (χ0v) is 8.62. The Labute approximate surface area is 84.0 Å². The highest BCUT2D eigenvalue weighted by Gasteiger charge is 2.33. The van der Waals surface area contributed by atoms with Gasteiger partial charge < -0.3 is 10.2 Å². The van der Waals surface area contributed by atoms with Gasteiger partial charge in [0.05, 0.1) is 0 Å². The summed E-state index contributed by atoms with van der Waals surface area (Å²) in [6, 6.07) is 0.481. The zero-order valence-electron chi connectivity index (χ0n) is 8.62. The van der Waals surface area contributed by atoms with Gasteiger partial charge in [-0.3, -0.25) is 9.59 Å². The molecule has 78 valence electrons. The van der Waals surface area contributed by atoms with Crippen molar-refractivity contribution in [3.63, 3.8) is 0 Å². The summed E-state index contributed by atoms with van der Waals surface area (Å²) in [7, 11) is 1.79. The monoisotopic (exact) mass is 196 g/mol. The third-order valence-electron chi connectivity index (χ3n) is 2.69. The Morgan fingerprint density at radius 3 is 2.50 bits per heavy atom. The smallest absolute Gasteiger partial charge is 0.243 e. The molecule has 0 unspecified atom stereocenters. The van der Waals surface area contributed by atoms with Crippen LogP contribution in [0.1, 0.15) is 19.8 Å². The van der Waals surface area contributed by atoms with Crippen LogP contribution >= 0.6 is 0 Å². The van der Waals surface area contributed by atoms with Crippen LogP contribution in [0, 0.1) is 0 Å². The van der Waals surface area contributed by atoms with Crippen LogP contribution in [0.2, 0.25) is 0 Å². The van der Waals surface area contributed by atoms with E-state index in [0.29, 0.717) is 0 Å². The van der Waals surface area contributed by atoms with Gasteiger partial charge in [-0.25, -0.2) is 0 Å². The van der Waals surface area contributed by atoms with Crippen molar-refractivity contribution in [2.24, 2.45) is 0 Å². The van der Waals surface area contributed by atoms with E-state index in [1.165, 1.54) is 6.08 Å². The first-order chi connectivity index (χ1) is 6.54. The van der Waals surface area contributed by atoms with Crippen LogP contribution in [0.4, 0.5) is 0 Å². The topological polar surface area (TPSA) is 49.4 Å². The molecule has 0 aromatic heterocycles. The van der Waals surface area contributed by atoms with Crippen molar-refractivity contribution < 1.29 is 9.59 Å². The molecule has 1 N–H and O–H groups in total. The predicted molar refractivity (Wildman–Crippen MR) is 53.6 cm³/mol. The van der Waals surface area contributed by atoms with Gasteiger partial charge in [-0.05, 0) is 18.9 Å². The predicted octanol–water partition coefficient (Wildman–Crippen LogP) is 0.298. The molecule has 0 bridgehead atoms. The van der Waals surface area contributed by atoms with Crippen LogP contribution in [0.15, 0.2) is 12.7 Å². The summed E-state index contributed by atoms with van der Waals surface area (Å²) in [6.45, 7) is 4.93. The Balaban J connectivity index is 2.26. The summed E-state index contributed by atoms with van der Waals surface area (Å²) in [4.78, 5) is 23.6. The van der Waals surface area contributed by atoms with Crippen LogP contribution in [0.3, 0.4) is 0 Å². The van der Waals surface area contributed by atoms with Crippen LogP contribution in [0.25, 0.3) is 0 Å². The third-order valence-corrected chi connectivity index (χ3v) is 2.69. The molecular formula is C10H16N2O2. The molecule has 14 heavy (non-hydrogen) atoms. The minimum atomic E-state index is -0.140. The molecule has 1 fully saturated rings. The Kier molecular flexibility index (Phi) is 3.28. The number of carbonyl (C=O) groups is 2. The van der Waals surface area contributed by atoms with Crippen molar-refractivity contribution >= 4 is 11.8 Å². The Morgan fingerprint density at radius 1 is 1.50 bits per heavy atom. The van der Waals surface area contributed by atoms with Crippen LogP contribution in [0.5, 0.6) is 0 Å². The maximum atomic E-state index is 11.0. The van der Waals surface area contributed by atoms with Gasteiger partial charge in [0, 0.05) is 26.1 Å². The molecule has 4 heteroatoms. The van der Waals surface area contributed by atoms with Gasteiger partial charge in [0.15, 0.2) is 0 Å². The molecule has 1 rings (SSSR count). The number of nitrogens with zero attached hydrogens (tertiary/aromatic N) is 1. The Bertz CT molecular complexity index is 257. The number of rotatable bonds is 3. The maximum Gasteiger partial charge on any atom is 0.243 e. The second-order valence-corrected chi connectivity index (χ2v) is 3.66. The average molecular weight is 196 g/mol. The number of hydrogen-bond acceptors (Lipinski definition) is 2. The minimum absolute atomic E-state index is 0.0727. The van der Waals surface area contributed by atoms with E-state index < -0.39 is 0 Å². The van der Waals surface area contributed by atoms with Gasteiger partial charge in [0.1, 0.15) is 0 Å². The number of nitrogens with one attached hydrogen (secondary N) is 1. The van der Waals surface area contributed by atoms with E-state index in [0.717, 1.165) is 12.8 Å². The van der Waals surface area contributed by atoms with E-state index in [-0.39, 0.29) is 23.9 Å². The SMILES string of the molecule is C=CC(=O)NC1CC(N(C)C(C)=O)C1. The fraction of sp³-hybridized carbons (Fsp3) is 0.600. The maximum absolute atomic E-state index is 11.0. The molecule has 1 saturated carbocycles. The Hall–Kier alpha value is -1.32. The molecule has 0 aromatic carbocycles. The summed E-state index contributed by atoms with van der Waals surface area (Å²) in [5.74, 6) is -0.0672. The van der Waals surface area contributed by atoms with Crippen molar-refractivity contribution in [3.05, 3.63) is 12.7 Å². The van der Waals surface area contributed by atoms with E-state index in [4.69, 9.17) is 0 Å². The summed E-state index contributed by atoms with van der Waals surface area (Å²) in [6.07, 6.45) is 2.95. The number of amides is 2. The van der Waals surface area contributed by atoms with E-state index >= 15 is 0 Å². The van der Waals surface area contributed by atoms with Gasteiger partial charge in [0.25, 0.3) is 0 Å². The number of carbonyl (C=O) groups excluding carboxylic acids is 2. The first-order valence-electron chi connectivity index (χ1n) is 4.71. The summed E-state index contributed by atoms with van der Waals surface area (Å²) >= 11 is 0. The Morgan fingerprint density at radius 2 is 2.07 bits per heavy atom. The van der Waals surface area contributed by atoms with Crippen molar-refractivity contribution in [1.82, 2.24) is 10.2 Å². The minimum Gasteiger partial charge on any atom is -0.350 e. The van der Waals surface area contributed by atoms with Gasteiger partial charge in [-0.2, -0.15) is 0 Å². The molecule has 0 spiro atoms. The molecule has 0 atom stereocenters. The summed E-state index contributed by atoms with van der Waals surface area (Å²) in [5, 5.41) is 2.79. The van der Waals surface area contributed by atoms with Crippen molar-refractivity contribution in [1.29, 1.82) is 0 Å². The highest BCUT2D eigenvalue weighted by molar-refractivity contribution is 5.87. The molecule has 0 saturated heterocycles. The van der Waals surface area contributed by atoms with Crippen LogP contribution in [-0.2, 0) is 9.59 Å². The molecule has 4 nitrogen and oxygen atoms in total. The van der Waals surface area contributed by atoms with Gasteiger partial charge in [0.2, 0.25) is 11.8 Å². The normalized spacial score (nSPS) is 24.7. The van der Waals surface area contributed by atoms with Crippen molar-refractivity contribution in [2.45, 2.75) is 31.8 Å². The average Bonchev–Trinajstić information content (AvgIpc) is 2.08. The first kappa shape index (κ1) is 10.8. The summed E-state index contributed by atoms with van der Waals surface area (Å²) < 4.78 is 0. The van der Waals surface area contributed by atoms with Crippen LogP contribution in [-0.4, -0.2) is 35.8 Å².